The molecule has 0 heterocycles. The average molecular weight is 1080 g/mol. The van der Waals surface area contributed by atoms with Crippen LogP contribution in [-0.4, -0.2) is 66.5 Å². The van der Waals surface area contributed by atoms with E-state index in [1.54, 1.807) is 0 Å². The molecule has 0 saturated heterocycles. The molecule has 0 spiro atoms. The number of aliphatic hydroxyl groups is 1. The summed E-state index contributed by atoms with van der Waals surface area (Å²) in [4.78, 5) is 48.5. The lowest BCUT2D eigenvalue weighted by Gasteiger charge is -2.21. The van der Waals surface area contributed by atoms with Gasteiger partial charge in [0.15, 0.2) is 6.10 Å². The summed E-state index contributed by atoms with van der Waals surface area (Å²) >= 11 is 0. The monoisotopic (exact) mass is 1080 g/mol. The zero-order chi connectivity index (χ0) is 55.5. The van der Waals surface area contributed by atoms with E-state index in [9.17, 15) is 28.9 Å². The summed E-state index contributed by atoms with van der Waals surface area (Å²) in [5.41, 5.74) is 0. The molecule has 3 atom stereocenters. The minimum atomic E-state index is -4.79. The van der Waals surface area contributed by atoms with Crippen molar-refractivity contribution in [1.29, 1.82) is 0 Å². The third-order valence-corrected chi connectivity index (χ3v) is 12.8. The molecule has 0 amide bonds. The number of unbranched alkanes of at least 4 members (excludes halogenated alkanes) is 16. The van der Waals surface area contributed by atoms with Gasteiger partial charge < -0.3 is 24.2 Å². The first-order chi connectivity index (χ1) is 37.2. The largest absolute Gasteiger partial charge is 0.472 e. The van der Waals surface area contributed by atoms with E-state index in [-0.39, 0.29) is 25.9 Å². The van der Waals surface area contributed by atoms with Crippen molar-refractivity contribution in [2.45, 2.75) is 238 Å². The smallest absolute Gasteiger partial charge is 0.462 e. The number of esters is 3. The second kappa shape index (κ2) is 57.1. The molecular formula is C64H105O11P. The number of hydrogen-bond acceptors (Lipinski definition) is 10. The Kier molecular flexibility index (Phi) is 54.0. The number of carbonyl (C=O) groups excluding carboxylic acids is 3. The van der Waals surface area contributed by atoms with Gasteiger partial charge in [-0.25, -0.2) is 4.57 Å². The van der Waals surface area contributed by atoms with Crippen LogP contribution in [0.25, 0.3) is 0 Å². The summed E-state index contributed by atoms with van der Waals surface area (Å²) in [6.07, 6.45) is 70.3. The highest BCUT2D eigenvalue weighted by Crippen LogP contribution is 2.43. The molecular weight excluding hydrogens is 976 g/mol. The summed E-state index contributed by atoms with van der Waals surface area (Å²) in [5.74, 6) is -1.60. The fraction of sp³-hybridized carbons (Fsp3) is 0.641. The molecule has 3 unspecified atom stereocenters. The van der Waals surface area contributed by atoms with Gasteiger partial charge in [0.2, 0.25) is 0 Å². The first-order valence-electron chi connectivity index (χ1n) is 29.4. The number of aliphatic hydroxyl groups excluding tert-OH is 1. The minimum absolute atomic E-state index is 0.0804. The molecule has 11 nitrogen and oxygen atoms in total. The first kappa shape index (κ1) is 71.9. The molecule has 0 rings (SSSR count). The molecule has 0 aromatic heterocycles. The van der Waals surface area contributed by atoms with Crippen molar-refractivity contribution in [2.75, 3.05) is 26.4 Å². The normalized spacial score (nSPS) is 14.2. The molecule has 0 aliphatic rings. The van der Waals surface area contributed by atoms with E-state index in [1.807, 2.05) is 24.3 Å². The Morgan fingerprint density at radius 1 is 0.382 bits per heavy atom. The maximum Gasteiger partial charge on any atom is 0.472 e. The third kappa shape index (κ3) is 54.7. The number of hydrogen-bond donors (Lipinski definition) is 2. The second-order valence-electron chi connectivity index (χ2n) is 19.0. The third-order valence-electron chi connectivity index (χ3n) is 11.9. The number of phosphoric acid groups is 1. The molecule has 432 valence electrons. The lowest BCUT2D eigenvalue weighted by atomic mass is 10.0. The molecule has 0 fully saturated rings. The number of phosphoric ester groups is 1. The Labute approximate surface area is 462 Å². The number of allylic oxidation sites excluding steroid dienone is 20. The predicted molar refractivity (Wildman–Crippen MR) is 316 cm³/mol. The zero-order valence-corrected chi connectivity index (χ0v) is 48.6. The molecule has 0 bridgehead atoms. The van der Waals surface area contributed by atoms with Gasteiger partial charge in [0.1, 0.15) is 12.7 Å². The van der Waals surface area contributed by atoms with E-state index in [0.717, 1.165) is 83.5 Å². The highest BCUT2D eigenvalue weighted by molar-refractivity contribution is 7.47. The van der Waals surface area contributed by atoms with Gasteiger partial charge in [0.25, 0.3) is 0 Å². The highest BCUT2D eigenvalue weighted by atomic mass is 31.2. The van der Waals surface area contributed by atoms with Crippen molar-refractivity contribution in [3.05, 3.63) is 122 Å². The van der Waals surface area contributed by atoms with Crippen LogP contribution in [0.3, 0.4) is 0 Å². The van der Waals surface area contributed by atoms with Gasteiger partial charge in [0, 0.05) is 19.3 Å². The Bertz CT molecular complexity index is 1740. The highest BCUT2D eigenvalue weighted by Gasteiger charge is 2.28. The van der Waals surface area contributed by atoms with Crippen molar-refractivity contribution in [3.63, 3.8) is 0 Å². The van der Waals surface area contributed by atoms with Crippen molar-refractivity contribution in [1.82, 2.24) is 0 Å². The summed E-state index contributed by atoms with van der Waals surface area (Å²) in [7, 11) is -4.79. The van der Waals surface area contributed by atoms with Crippen LogP contribution in [0.15, 0.2) is 122 Å². The van der Waals surface area contributed by atoms with Crippen LogP contribution >= 0.6 is 7.82 Å². The van der Waals surface area contributed by atoms with Gasteiger partial charge in [0.05, 0.1) is 19.8 Å². The Balaban J connectivity index is 4.86. The van der Waals surface area contributed by atoms with Crippen LogP contribution < -0.4 is 0 Å². The summed E-state index contributed by atoms with van der Waals surface area (Å²) in [6.45, 7) is 4.29. The lowest BCUT2D eigenvalue weighted by molar-refractivity contribution is -0.161. The van der Waals surface area contributed by atoms with Crippen molar-refractivity contribution >= 4 is 25.7 Å². The molecule has 0 aromatic carbocycles. The van der Waals surface area contributed by atoms with E-state index in [0.29, 0.717) is 32.1 Å². The SMILES string of the molecule is CC/C=C\C/C=C\C/C=C\C/C=C\C/C=C\CCCC(=O)OC(CO)COP(=O)(O)OCC(COC(=O)CCCCCCCCCCCCCCCCC)OC(=O)CCC/C=C\C/C=C\C/C=C\C/C=C\C/C=C\CC. The summed E-state index contributed by atoms with van der Waals surface area (Å²) in [5, 5.41) is 9.82. The molecule has 76 heavy (non-hydrogen) atoms. The molecule has 12 heteroatoms. The molecule has 2 N–H and O–H groups in total. The van der Waals surface area contributed by atoms with E-state index >= 15 is 0 Å². The van der Waals surface area contributed by atoms with Crippen molar-refractivity contribution in [3.8, 4) is 0 Å². The van der Waals surface area contributed by atoms with Crippen LogP contribution in [0.4, 0.5) is 0 Å². The molecule has 0 aliphatic carbocycles. The number of rotatable bonds is 53. The standard InChI is InChI=1S/C64H105O11P/c1-4-7-10-13-16-19-22-25-28-30-33-36-39-42-45-48-51-54-63(67)74-60(56-65)58-72-76(69,70)73-59-61(57-71-62(66)53-50-47-44-41-38-35-32-27-24-21-18-15-12-9-6-3)75-64(68)55-52-49-46-43-40-37-34-31-29-26-23-20-17-14-11-8-5-2/h7-8,10-11,16-17,19-20,25-26,28-29,33-34,36-37,42-43,45-46,60-61,65H,4-6,9,12-15,18,21-24,27,30-32,35,38-41,44,47-59H2,1-3H3,(H,69,70)/b10-7-,11-8-,19-16-,20-17-,28-25-,29-26-,36-33-,37-34-,45-42-,46-43-. The van der Waals surface area contributed by atoms with E-state index < -0.39 is 57.8 Å². The number of carbonyl (C=O) groups is 3. The molecule has 0 aliphatic heterocycles. The molecule has 0 radical (unpaired) electrons. The van der Waals surface area contributed by atoms with Crippen molar-refractivity contribution < 1.29 is 52.2 Å². The zero-order valence-electron chi connectivity index (χ0n) is 47.7. The average Bonchev–Trinajstić information content (AvgIpc) is 3.41. The fourth-order valence-corrected chi connectivity index (χ4v) is 8.27. The number of ether oxygens (including phenoxy) is 3. The van der Waals surface area contributed by atoms with Gasteiger partial charge in [-0.3, -0.25) is 23.4 Å². The van der Waals surface area contributed by atoms with E-state index in [1.165, 1.54) is 70.6 Å². The maximum atomic E-state index is 12.9. The van der Waals surface area contributed by atoms with Gasteiger partial charge in [-0.1, -0.05) is 232 Å². The Hall–Kier alpha value is -4.12. The van der Waals surface area contributed by atoms with Crippen LogP contribution in [0.5, 0.6) is 0 Å². The molecule has 0 saturated carbocycles. The van der Waals surface area contributed by atoms with Gasteiger partial charge in [-0.05, 0) is 96.3 Å². The predicted octanol–water partition coefficient (Wildman–Crippen LogP) is 17.6. The maximum absolute atomic E-state index is 12.9. The Morgan fingerprint density at radius 2 is 0.684 bits per heavy atom. The summed E-state index contributed by atoms with van der Waals surface area (Å²) < 4.78 is 39.4. The van der Waals surface area contributed by atoms with Crippen molar-refractivity contribution in [2.24, 2.45) is 0 Å². The van der Waals surface area contributed by atoms with Crippen LogP contribution in [0, 0.1) is 0 Å². The van der Waals surface area contributed by atoms with Crippen LogP contribution in [0.1, 0.15) is 226 Å². The quantitative estimate of drug-likeness (QED) is 0.0197. The van der Waals surface area contributed by atoms with Crippen LogP contribution in [-0.2, 0) is 42.2 Å². The molecule has 0 aromatic rings. The minimum Gasteiger partial charge on any atom is -0.462 e. The van der Waals surface area contributed by atoms with Gasteiger partial charge in [-0.2, -0.15) is 0 Å². The van der Waals surface area contributed by atoms with Gasteiger partial charge in [-0.15, -0.1) is 0 Å². The van der Waals surface area contributed by atoms with Crippen LogP contribution in [0.2, 0.25) is 0 Å². The lowest BCUT2D eigenvalue weighted by Crippen LogP contribution is -2.30. The van der Waals surface area contributed by atoms with E-state index in [2.05, 4.69) is 118 Å². The first-order valence-corrected chi connectivity index (χ1v) is 30.9. The fourth-order valence-electron chi connectivity index (χ4n) is 7.49. The Morgan fingerprint density at radius 3 is 1.04 bits per heavy atom. The van der Waals surface area contributed by atoms with E-state index in [4.69, 9.17) is 23.3 Å². The van der Waals surface area contributed by atoms with Gasteiger partial charge >= 0.3 is 25.7 Å². The second-order valence-corrected chi connectivity index (χ2v) is 20.5. The topological polar surface area (TPSA) is 155 Å². The summed E-state index contributed by atoms with van der Waals surface area (Å²) in [6, 6.07) is 0.